The van der Waals surface area contributed by atoms with Crippen LogP contribution in [0.5, 0.6) is 0 Å². The predicted octanol–water partition coefficient (Wildman–Crippen LogP) is 1.27. The van der Waals surface area contributed by atoms with Crippen molar-refractivity contribution in [2.45, 2.75) is 148 Å². The standard InChI is InChI=1S/C35H62N6O8/c1-7-9-16-24-27(17-10-8-2)49-28(43)20-37-33(46)29(22(5)42)39-31(44)25(19-36)38-34(47)30(23-14-12-11-13-15-23)40-32(45)26(18-21(3)4)41(6)35(24)48/h21-27,29-30,42H,7-20,36H2,1-6H3,(H,37,46)(H,38,47)(H,39,44)(H,40,45)/t22-,24+,25-,26-,27+,29-,30-/m0/s1. The van der Waals surface area contributed by atoms with Gasteiger partial charge in [-0.05, 0) is 50.9 Å². The van der Waals surface area contributed by atoms with Crippen LogP contribution in [0.1, 0.15) is 112 Å². The number of cyclic esters (lactones) is 1. The summed E-state index contributed by atoms with van der Waals surface area (Å²) in [5.41, 5.74) is 5.89. The van der Waals surface area contributed by atoms with E-state index in [9.17, 15) is 33.9 Å². The van der Waals surface area contributed by atoms with Crippen LogP contribution in [-0.4, -0.2) is 102 Å². The molecule has 2 fully saturated rings. The van der Waals surface area contributed by atoms with Gasteiger partial charge in [0.1, 0.15) is 36.8 Å². The maximum absolute atomic E-state index is 14.4. The van der Waals surface area contributed by atoms with Crippen molar-refractivity contribution in [2.24, 2.45) is 23.5 Å². The van der Waals surface area contributed by atoms with E-state index >= 15 is 0 Å². The number of aliphatic hydroxyl groups is 1. The Kier molecular flexibility index (Phi) is 18.0. The van der Waals surface area contributed by atoms with Gasteiger partial charge in [-0.25, -0.2) is 0 Å². The summed E-state index contributed by atoms with van der Waals surface area (Å²) in [5.74, 6) is -4.78. The van der Waals surface area contributed by atoms with Crippen molar-refractivity contribution in [3.8, 4) is 0 Å². The fourth-order valence-corrected chi connectivity index (χ4v) is 6.69. The Morgan fingerprint density at radius 1 is 0.857 bits per heavy atom. The van der Waals surface area contributed by atoms with Crippen LogP contribution in [0.15, 0.2) is 0 Å². The third-order valence-corrected chi connectivity index (χ3v) is 9.61. The number of nitrogens with two attached hydrogens (primary N) is 1. The van der Waals surface area contributed by atoms with Crippen LogP contribution in [0.4, 0.5) is 0 Å². The van der Waals surface area contributed by atoms with Gasteiger partial charge in [0.15, 0.2) is 0 Å². The molecule has 0 aromatic heterocycles. The minimum Gasteiger partial charge on any atom is -0.460 e. The zero-order valence-electron chi connectivity index (χ0n) is 30.4. The second-order valence-corrected chi connectivity index (χ2v) is 14.1. The number of esters is 1. The van der Waals surface area contributed by atoms with Gasteiger partial charge in [0.05, 0.1) is 12.0 Å². The van der Waals surface area contributed by atoms with Crippen molar-refractivity contribution < 1.29 is 38.6 Å². The first-order valence-corrected chi connectivity index (χ1v) is 18.3. The molecule has 1 saturated carbocycles. The number of hydrogen-bond acceptors (Lipinski definition) is 9. The Hall–Kier alpha value is -3.26. The summed E-state index contributed by atoms with van der Waals surface area (Å²) in [4.78, 5) is 83.4. The summed E-state index contributed by atoms with van der Waals surface area (Å²) in [5, 5.41) is 20.8. The Morgan fingerprint density at radius 3 is 2.06 bits per heavy atom. The fourth-order valence-electron chi connectivity index (χ4n) is 6.69. The molecule has 14 heteroatoms. The fraction of sp³-hybridized carbons (Fsp3) is 0.829. The van der Waals surface area contributed by atoms with Gasteiger partial charge in [-0.2, -0.15) is 0 Å². The molecule has 1 saturated heterocycles. The van der Waals surface area contributed by atoms with E-state index in [0.29, 0.717) is 44.9 Å². The largest absolute Gasteiger partial charge is 0.460 e. The highest BCUT2D eigenvalue weighted by Crippen LogP contribution is 2.28. The van der Waals surface area contributed by atoms with E-state index in [1.54, 1.807) is 7.05 Å². The Labute approximate surface area is 291 Å². The Bertz CT molecular complexity index is 1110. The number of aliphatic hydroxyl groups excluding tert-OH is 1. The number of nitrogens with one attached hydrogen (secondary N) is 4. The van der Waals surface area contributed by atoms with Gasteiger partial charge in [0.2, 0.25) is 29.5 Å². The lowest BCUT2D eigenvalue weighted by Gasteiger charge is -2.36. The molecule has 2 rings (SSSR count). The third kappa shape index (κ3) is 12.9. The lowest BCUT2D eigenvalue weighted by atomic mass is 9.83. The van der Waals surface area contributed by atoms with E-state index in [2.05, 4.69) is 21.3 Å². The maximum Gasteiger partial charge on any atom is 0.325 e. The molecule has 49 heavy (non-hydrogen) atoms. The quantitative estimate of drug-likeness (QED) is 0.172. The number of ether oxygens (including phenoxy) is 1. The smallest absolute Gasteiger partial charge is 0.325 e. The van der Waals surface area contributed by atoms with Crippen LogP contribution in [-0.2, 0) is 33.5 Å². The molecule has 0 spiro atoms. The summed E-state index contributed by atoms with van der Waals surface area (Å²) in [6.07, 6.45) is 6.07. The van der Waals surface area contributed by atoms with E-state index in [1.807, 2.05) is 27.7 Å². The molecule has 0 radical (unpaired) electrons. The van der Waals surface area contributed by atoms with Crippen molar-refractivity contribution in [1.82, 2.24) is 26.2 Å². The van der Waals surface area contributed by atoms with E-state index in [1.165, 1.54) is 11.8 Å². The third-order valence-electron chi connectivity index (χ3n) is 9.61. The molecule has 1 aliphatic heterocycles. The van der Waals surface area contributed by atoms with Crippen LogP contribution in [0, 0.1) is 17.8 Å². The summed E-state index contributed by atoms with van der Waals surface area (Å²) in [7, 11) is 1.58. The zero-order valence-corrected chi connectivity index (χ0v) is 30.4. The second kappa shape index (κ2) is 21.1. The first-order chi connectivity index (χ1) is 23.2. The summed E-state index contributed by atoms with van der Waals surface area (Å²) in [6.45, 7) is 8.30. The molecule has 1 aliphatic carbocycles. The van der Waals surface area contributed by atoms with Crippen LogP contribution >= 0.6 is 0 Å². The van der Waals surface area contributed by atoms with E-state index in [-0.39, 0.29) is 24.3 Å². The SMILES string of the molecule is CCCC[C@H]1OC(=O)CNC(=O)[C@H]([C@H](C)O)NC(=O)[C@H](CN)NC(=O)[C@H](C2CCCCC2)NC(=O)[C@H](CC(C)C)N(C)C(=O)[C@@H]1CCCC. The molecule has 0 aromatic carbocycles. The highest BCUT2D eigenvalue weighted by Gasteiger charge is 2.40. The van der Waals surface area contributed by atoms with Crippen LogP contribution in [0.2, 0.25) is 0 Å². The average molecular weight is 695 g/mol. The van der Waals surface area contributed by atoms with Crippen molar-refractivity contribution in [2.75, 3.05) is 20.1 Å². The number of hydrogen-bond donors (Lipinski definition) is 6. The molecule has 0 bridgehead atoms. The minimum atomic E-state index is -1.47. The molecule has 2 aliphatic rings. The highest BCUT2D eigenvalue weighted by molar-refractivity contribution is 5.96. The predicted molar refractivity (Wildman–Crippen MR) is 185 cm³/mol. The minimum absolute atomic E-state index is 0.0214. The van der Waals surface area contributed by atoms with E-state index in [4.69, 9.17) is 10.5 Å². The first-order valence-electron chi connectivity index (χ1n) is 18.3. The number of unbranched alkanes of at least 4 members (excludes halogenated alkanes) is 2. The molecule has 7 N–H and O–H groups in total. The van der Waals surface area contributed by atoms with Gasteiger partial charge in [0, 0.05) is 13.6 Å². The molecule has 0 aromatic rings. The summed E-state index contributed by atoms with van der Waals surface area (Å²) in [6, 6.07) is -4.67. The lowest BCUT2D eigenvalue weighted by Crippen LogP contribution is -2.62. The zero-order chi connectivity index (χ0) is 36.7. The Balaban J connectivity index is 2.65. The molecule has 5 amide bonds. The molecule has 1 heterocycles. The van der Waals surface area contributed by atoms with Gasteiger partial charge >= 0.3 is 5.97 Å². The van der Waals surface area contributed by atoms with Crippen molar-refractivity contribution in [3.05, 3.63) is 0 Å². The molecule has 14 nitrogen and oxygen atoms in total. The number of rotatable bonds is 11. The molecule has 0 unspecified atom stereocenters. The van der Waals surface area contributed by atoms with Crippen LogP contribution < -0.4 is 27.0 Å². The normalized spacial score (nSPS) is 28.4. The number of amides is 5. The highest BCUT2D eigenvalue weighted by atomic mass is 16.5. The van der Waals surface area contributed by atoms with Crippen LogP contribution in [0.3, 0.4) is 0 Å². The van der Waals surface area contributed by atoms with Gasteiger partial charge in [-0.15, -0.1) is 0 Å². The van der Waals surface area contributed by atoms with E-state index in [0.717, 1.165) is 32.1 Å². The van der Waals surface area contributed by atoms with Crippen molar-refractivity contribution in [1.29, 1.82) is 0 Å². The number of carbonyl (C=O) groups excluding carboxylic acids is 6. The monoisotopic (exact) mass is 694 g/mol. The topological polar surface area (TPSA) is 209 Å². The van der Waals surface area contributed by atoms with Gasteiger partial charge in [0.25, 0.3) is 0 Å². The maximum atomic E-state index is 14.4. The molecule has 280 valence electrons. The number of nitrogens with zero attached hydrogens (tertiary/aromatic N) is 1. The lowest BCUT2D eigenvalue weighted by molar-refractivity contribution is -0.159. The van der Waals surface area contributed by atoms with Crippen molar-refractivity contribution in [3.63, 3.8) is 0 Å². The summed E-state index contributed by atoms with van der Waals surface area (Å²) >= 11 is 0. The average Bonchev–Trinajstić information content (AvgIpc) is 3.07. The van der Waals surface area contributed by atoms with Gasteiger partial charge in [-0.1, -0.05) is 72.6 Å². The van der Waals surface area contributed by atoms with Crippen molar-refractivity contribution >= 4 is 35.5 Å². The van der Waals surface area contributed by atoms with E-state index < -0.39 is 78.4 Å². The number of carbonyl (C=O) groups is 6. The first kappa shape index (κ1) is 41.9. The van der Waals surface area contributed by atoms with Gasteiger partial charge < -0.3 is 41.7 Å². The van der Waals surface area contributed by atoms with Gasteiger partial charge in [-0.3, -0.25) is 28.8 Å². The molecule has 7 atom stereocenters. The molecular formula is C35H62N6O8. The molecular weight excluding hydrogens is 632 g/mol. The second-order valence-electron chi connectivity index (χ2n) is 14.1. The summed E-state index contributed by atoms with van der Waals surface area (Å²) < 4.78 is 5.88. The Morgan fingerprint density at radius 2 is 1.49 bits per heavy atom. The number of likely N-dealkylation sites (N-methyl/N-ethyl adjacent to an activating group) is 1. The van der Waals surface area contributed by atoms with Crippen LogP contribution in [0.25, 0.3) is 0 Å².